The quantitative estimate of drug-likeness (QED) is 0.313. The van der Waals surface area contributed by atoms with E-state index in [1.165, 1.54) is 12.1 Å². The number of rotatable bonds is 9. The third-order valence-electron chi connectivity index (χ3n) is 6.77. The van der Waals surface area contributed by atoms with Gasteiger partial charge in [0.15, 0.2) is 0 Å². The van der Waals surface area contributed by atoms with Crippen LogP contribution in [0.15, 0.2) is 47.4 Å². The molecule has 38 heavy (non-hydrogen) atoms. The van der Waals surface area contributed by atoms with Crippen molar-refractivity contribution >= 4 is 22.6 Å². The molecule has 0 aliphatic carbocycles. The monoisotopic (exact) mass is 518 g/mol. The van der Waals surface area contributed by atoms with Crippen molar-refractivity contribution in [3.63, 3.8) is 0 Å². The molecule has 3 heterocycles. The Balaban J connectivity index is 1.42. The van der Waals surface area contributed by atoms with Crippen LogP contribution in [-0.4, -0.2) is 71.0 Å². The predicted octanol–water partition coefficient (Wildman–Crippen LogP) is 3.63. The highest BCUT2D eigenvalue weighted by molar-refractivity contribution is 6.02. The van der Waals surface area contributed by atoms with Crippen molar-refractivity contribution < 1.29 is 13.9 Å². The van der Waals surface area contributed by atoms with Crippen LogP contribution in [0.4, 0.5) is 10.1 Å². The molecular formula is C28H31FN6O3. The maximum absolute atomic E-state index is 13.8. The van der Waals surface area contributed by atoms with Crippen molar-refractivity contribution in [1.82, 2.24) is 24.8 Å². The van der Waals surface area contributed by atoms with Crippen molar-refractivity contribution in [2.24, 2.45) is 0 Å². The molecule has 10 heteroatoms. The van der Waals surface area contributed by atoms with E-state index in [1.54, 1.807) is 31.5 Å². The van der Waals surface area contributed by atoms with Gasteiger partial charge in [-0.05, 0) is 75.0 Å². The number of hydrogen-bond acceptors (Lipinski definition) is 6. The van der Waals surface area contributed by atoms with Gasteiger partial charge in [0.05, 0.1) is 23.8 Å². The Morgan fingerprint density at radius 3 is 2.79 bits per heavy atom. The molecular weight excluding hydrogens is 487 g/mol. The van der Waals surface area contributed by atoms with Gasteiger partial charge in [-0.2, -0.15) is 0 Å². The number of aromatic nitrogens is 3. The van der Waals surface area contributed by atoms with Crippen molar-refractivity contribution in [3.05, 3.63) is 75.5 Å². The predicted molar refractivity (Wildman–Crippen MR) is 145 cm³/mol. The van der Waals surface area contributed by atoms with Crippen LogP contribution in [-0.2, 0) is 13.0 Å². The van der Waals surface area contributed by atoms with Gasteiger partial charge in [-0.1, -0.05) is 0 Å². The van der Waals surface area contributed by atoms with E-state index in [9.17, 15) is 14.0 Å². The molecule has 3 N–H and O–H groups in total. The van der Waals surface area contributed by atoms with Gasteiger partial charge in [0, 0.05) is 37.4 Å². The van der Waals surface area contributed by atoms with E-state index in [1.807, 2.05) is 36.9 Å². The second kappa shape index (κ2) is 10.3. The second-order valence-electron chi connectivity index (χ2n) is 9.94. The number of nitrogens with zero attached hydrogens (tertiary/aromatic N) is 3. The Bertz CT molecular complexity index is 1560. The number of aromatic amines is 2. The minimum atomic E-state index is -0.335. The van der Waals surface area contributed by atoms with Crippen molar-refractivity contribution in [2.75, 3.05) is 39.6 Å². The first-order valence-electron chi connectivity index (χ1n) is 12.5. The lowest BCUT2D eigenvalue weighted by Gasteiger charge is -2.18. The summed E-state index contributed by atoms with van der Waals surface area (Å²) in [4.78, 5) is 40.4. The summed E-state index contributed by atoms with van der Waals surface area (Å²) < 4.78 is 19.2. The SMILES string of the molecule is COc1ccc(F)cc1CC(C)Nc1cc[nH]c(=O)c1-c1nc2cc3c(cc2[nH]1)CN(CCN(C)C)C3=O. The van der Waals surface area contributed by atoms with Crippen LogP contribution in [0.25, 0.3) is 22.4 Å². The first-order chi connectivity index (χ1) is 18.2. The summed E-state index contributed by atoms with van der Waals surface area (Å²) in [5.74, 6) is 0.667. The molecule has 1 aliphatic heterocycles. The first-order valence-corrected chi connectivity index (χ1v) is 12.5. The molecule has 1 atom stereocenters. The fourth-order valence-electron chi connectivity index (χ4n) is 4.89. The van der Waals surface area contributed by atoms with Crippen molar-refractivity contribution in [2.45, 2.75) is 25.9 Å². The molecule has 1 amide bonds. The number of H-pyrrole nitrogens is 2. The van der Waals surface area contributed by atoms with Gasteiger partial charge in [-0.25, -0.2) is 9.37 Å². The number of likely N-dealkylation sites (N-methyl/N-ethyl adjacent to an activating group) is 1. The molecule has 9 nitrogen and oxygen atoms in total. The van der Waals surface area contributed by atoms with Gasteiger partial charge in [0.2, 0.25) is 0 Å². The molecule has 1 aliphatic rings. The number of benzene rings is 2. The third-order valence-corrected chi connectivity index (χ3v) is 6.77. The largest absolute Gasteiger partial charge is 0.496 e. The van der Waals surface area contributed by atoms with Crippen LogP contribution in [0, 0.1) is 5.82 Å². The van der Waals surface area contributed by atoms with E-state index < -0.39 is 0 Å². The molecule has 2 aromatic heterocycles. The summed E-state index contributed by atoms with van der Waals surface area (Å²) in [6.45, 7) is 3.94. The topological polar surface area (TPSA) is 106 Å². The van der Waals surface area contributed by atoms with Crippen LogP contribution in [0.5, 0.6) is 5.75 Å². The summed E-state index contributed by atoms with van der Waals surface area (Å²) in [5.41, 5.74) is 4.34. The number of fused-ring (bicyclic) bond motifs is 2. The summed E-state index contributed by atoms with van der Waals surface area (Å²) in [5, 5.41) is 3.37. The number of anilines is 1. The number of hydrogen-bond donors (Lipinski definition) is 3. The fourth-order valence-corrected chi connectivity index (χ4v) is 4.89. The smallest absolute Gasteiger partial charge is 0.261 e. The molecule has 0 spiro atoms. The summed E-state index contributed by atoms with van der Waals surface area (Å²) in [6, 6.07) is 9.79. The third kappa shape index (κ3) is 4.99. The van der Waals surface area contributed by atoms with Gasteiger partial charge < -0.3 is 29.8 Å². The van der Waals surface area contributed by atoms with Crippen LogP contribution >= 0.6 is 0 Å². The molecule has 1 unspecified atom stereocenters. The number of pyridine rings is 1. The van der Waals surface area contributed by atoms with Crippen molar-refractivity contribution in [3.8, 4) is 17.1 Å². The highest BCUT2D eigenvalue weighted by Crippen LogP contribution is 2.30. The zero-order valence-electron chi connectivity index (χ0n) is 21.9. The molecule has 0 saturated heterocycles. The number of imidazole rings is 1. The first kappa shape index (κ1) is 25.5. The number of methoxy groups -OCH3 is 1. The highest BCUT2D eigenvalue weighted by atomic mass is 19.1. The van der Waals surface area contributed by atoms with E-state index >= 15 is 0 Å². The Kier molecular flexibility index (Phi) is 6.90. The van der Waals surface area contributed by atoms with Crippen LogP contribution < -0.4 is 15.6 Å². The van der Waals surface area contributed by atoms with E-state index in [0.29, 0.717) is 53.4 Å². The van der Waals surface area contributed by atoms with Crippen molar-refractivity contribution in [1.29, 1.82) is 0 Å². The Morgan fingerprint density at radius 2 is 2.03 bits per heavy atom. The minimum Gasteiger partial charge on any atom is -0.496 e. The molecule has 2 aromatic carbocycles. The number of carbonyl (C=O) groups is 1. The highest BCUT2D eigenvalue weighted by Gasteiger charge is 2.28. The zero-order chi connectivity index (χ0) is 27.0. The van der Waals surface area contributed by atoms with E-state index in [-0.39, 0.29) is 23.3 Å². The lowest BCUT2D eigenvalue weighted by molar-refractivity contribution is 0.0768. The molecule has 0 radical (unpaired) electrons. The average Bonchev–Trinajstić information content (AvgIpc) is 3.41. The van der Waals surface area contributed by atoms with Crippen LogP contribution in [0.1, 0.15) is 28.4 Å². The number of halogens is 1. The normalized spacial score (nSPS) is 13.8. The average molecular weight is 519 g/mol. The molecule has 0 saturated carbocycles. The van der Waals surface area contributed by atoms with Gasteiger partial charge in [-0.15, -0.1) is 0 Å². The maximum Gasteiger partial charge on any atom is 0.261 e. The Hall–Kier alpha value is -4.18. The molecule has 198 valence electrons. The Morgan fingerprint density at radius 1 is 1.21 bits per heavy atom. The number of carbonyl (C=O) groups excluding carboxylic acids is 1. The van der Waals surface area contributed by atoms with E-state index in [2.05, 4.69) is 20.3 Å². The molecule has 0 bridgehead atoms. The van der Waals surface area contributed by atoms with Gasteiger partial charge in [0.25, 0.3) is 11.5 Å². The number of amides is 1. The Labute approximate surface area is 219 Å². The fraction of sp³-hybridized carbons (Fsp3) is 0.321. The van der Waals surface area contributed by atoms with Gasteiger partial charge >= 0.3 is 0 Å². The lowest BCUT2D eigenvalue weighted by atomic mass is 10.0. The summed E-state index contributed by atoms with van der Waals surface area (Å²) in [7, 11) is 5.52. The maximum atomic E-state index is 13.8. The standard InChI is InChI=1S/C28H31FN6O3/c1-16(11-17-12-19(29)5-6-24(17)38-4)31-21-7-8-30-27(36)25(21)26-32-22-13-18-15-35(10-9-34(2)3)28(37)20(18)14-23(22)33-26/h5-8,12-14,16H,9-11,15H2,1-4H3,(H,32,33)(H2,30,31,36). The van der Waals surface area contributed by atoms with E-state index in [0.717, 1.165) is 23.2 Å². The van der Waals surface area contributed by atoms with Crippen LogP contribution in [0.3, 0.4) is 0 Å². The van der Waals surface area contributed by atoms with Crippen LogP contribution in [0.2, 0.25) is 0 Å². The lowest BCUT2D eigenvalue weighted by Crippen LogP contribution is -2.31. The zero-order valence-corrected chi connectivity index (χ0v) is 21.9. The molecule has 5 rings (SSSR count). The summed E-state index contributed by atoms with van der Waals surface area (Å²) >= 11 is 0. The second-order valence-corrected chi connectivity index (χ2v) is 9.94. The number of ether oxygens (including phenoxy) is 1. The molecule has 4 aromatic rings. The van der Waals surface area contributed by atoms with E-state index in [4.69, 9.17) is 4.74 Å². The summed E-state index contributed by atoms with van der Waals surface area (Å²) in [6.07, 6.45) is 2.05. The number of nitrogens with one attached hydrogen (secondary N) is 3. The minimum absolute atomic E-state index is 0.00480. The molecule has 0 fully saturated rings. The van der Waals surface area contributed by atoms with Gasteiger partial charge in [-0.3, -0.25) is 9.59 Å². The van der Waals surface area contributed by atoms with Gasteiger partial charge in [0.1, 0.15) is 23.0 Å².